The number of rotatable bonds is 16. The van der Waals surface area contributed by atoms with Crippen molar-refractivity contribution < 1.29 is 18.9 Å². The zero-order chi connectivity index (χ0) is 65.8. The van der Waals surface area contributed by atoms with E-state index in [1.807, 2.05) is 12.4 Å². The summed E-state index contributed by atoms with van der Waals surface area (Å²) in [6.45, 7) is 34.8. The van der Waals surface area contributed by atoms with Crippen molar-refractivity contribution in [1.29, 1.82) is 0 Å². The summed E-state index contributed by atoms with van der Waals surface area (Å²) in [6.07, 6.45) is 5.77. The van der Waals surface area contributed by atoms with Gasteiger partial charge in [0.15, 0.2) is 0 Å². The maximum Gasteiger partial charge on any atom is 0.147 e. The summed E-state index contributed by atoms with van der Waals surface area (Å²) in [5.41, 5.74) is 6.19. The number of hydrogen-bond acceptors (Lipinski definition) is 10. The summed E-state index contributed by atoms with van der Waals surface area (Å²) in [5.74, 6) is 3.34. The number of nitrogens with zero attached hydrogens (tertiary/aromatic N) is 2. The van der Waals surface area contributed by atoms with Gasteiger partial charge in [-0.25, -0.2) is 0 Å². The first-order valence-corrected chi connectivity index (χ1v) is 36.6. The molecule has 1 aliphatic rings. The Hall–Kier alpha value is -7.34. The highest BCUT2D eigenvalue weighted by Crippen LogP contribution is 2.57. The number of hydrogen-bond donors (Lipinski definition) is 0. The van der Waals surface area contributed by atoms with E-state index in [2.05, 4.69) is 255 Å². The standard InChI is InChI=1S/C84H86N2O4S4/c1-15-37-87-77-65-41-59(81(3,4)5)42-66(77)92-70-46-62(84(12,13)14)48-72(80(70)90-40-36-86-50-58-30-28-56-26-24-52-20-18-22-54-32-34-64(58)76(56)74(52)54)94-68-44-60(82(6,7)8)43-67(78(68)88-38-16-2)93-71-47-61(83(9,10)11)45-69(91-65)79(71)89-39-35-85-49-57-29-27-55-25-23-51-19-17-21-53-31-33-63(57)75(55)73(51)53/h17-34,41-50H,15-16,35-40H2,1-14H3. The molecule has 0 unspecified atom stereocenters. The molecule has 0 atom stereocenters. The Kier molecular flexibility index (Phi) is 18.3. The molecule has 480 valence electrons. The summed E-state index contributed by atoms with van der Waals surface area (Å²) in [5, 5.41) is 15.1. The lowest BCUT2D eigenvalue weighted by atomic mass is 9.87. The van der Waals surface area contributed by atoms with Crippen molar-refractivity contribution in [2.24, 2.45) is 9.98 Å². The molecule has 0 N–H and O–H groups in total. The Morgan fingerprint density at radius 2 is 0.553 bits per heavy atom. The van der Waals surface area contributed by atoms with Crippen LogP contribution in [0.1, 0.15) is 143 Å². The van der Waals surface area contributed by atoms with Gasteiger partial charge in [0, 0.05) is 23.6 Å². The second-order valence-electron chi connectivity index (χ2n) is 29.1. The van der Waals surface area contributed by atoms with Gasteiger partial charge in [-0.1, -0.05) is 253 Å². The van der Waals surface area contributed by atoms with Gasteiger partial charge in [-0.05, 0) is 170 Å². The minimum Gasteiger partial charge on any atom is -0.491 e. The average molecular weight is 1320 g/mol. The van der Waals surface area contributed by atoms with E-state index in [9.17, 15) is 0 Å². The molecule has 0 radical (unpaired) electrons. The van der Waals surface area contributed by atoms with Crippen LogP contribution in [0, 0.1) is 0 Å². The number of benzene rings is 12. The molecule has 0 aromatic heterocycles. The predicted molar refractivity (Wildman–Crippen MR) is 405 cm³/mol. The van der Waals surface area contributed by atoms with Gasteiger partial charge < -0.3 is 18.9 Å². The minimum absolute atomic E-state index is 0.209. The highest BCUT2D eigenvalue weighted by atomic mass is 32.2. The van der Waals surface area contributed by atoms with Crippen LogP contribution in [0.3, 0.4) is 0 Å². The van der Waals surface area contributed by atoms with Crippen LogP contribution < -0.4 is 18.9 Å². The molecule has 8 bridgehead atoms. The summed E-state index contributed by atoms with van der Waals surface area (Å²) in [7, 11) is 0. The molecule has 12 aromatic carbocycles. The SMILES string of the molecule is CCCOc1c2cc(C(C)(C)C)cc1Sc1cc(C(C)(C)C)cc(c1OCCN=Cc1ccc3ccc4cccc5ccc1c3c45)Sc1cc(C(C)(C)C)cc(c1OCCC)Sc1cc(C(C)(C)C)cc(c1OCCN=Cc1ccc3ccc4cccc5ccc1c3c45)S2. The van der Waals surface area contributed by atoms with E-state index in [4.69, 9.17) is 28.9 Å². The van der Waals surface area contributed by atoms with Gasteiger partial charge in [0.2, 0.25) is 0 Å². The smallest absolute Gasteiger partial charge is 0.147 e. The fraction of sp³-hybridized carbons (Fsp3) is 0.310. The van der Waals surface area contributed by atoms with Gasteiger partial charge in [0.1, 0.15) is 36.2 Å². The monoisotopic (exact) mass is 1310 g/mol. The van der Waals surface area contributed by atoms with Crippen molar-refractivity contribution >= 4 is 124 Å². The van der Waals surface area contributed by atoms with Crippen molar-refractivity contribution in [3.63, 3.8) is 0 Å². The topological polar surface area (TPSA) is 61.6 Å². The molecule has 0 amide bonds. The lowest BCUT2D eigenvalue weighted by Crippen LogP contribution is -2.14. The zero-order valence-electron chi connectivity index (χ0n) is 57.0. The second-order valence-corrected chi connectivity index (χ2v) is 33.4. The molecule has 6 nitrogen and oxygen atoms in total. The molecule has 1 heterocycles. The Morgan fingerprint density at radius 3 is 0.819 bits per heavy atom. The Bertz CT molecular complexity index is 4450. The van der Waals surface area contributed by atoms with E-state index in [1.165, 1.54) is 86.9 Å². The van der Waals surface area contributed by atoms with Gasteiger partial charge >= 0.3 is 0 Å². The van der Waals surface area contributed by atoms with Crippen molar-refractivity contribution in [2.75, 3.05) is 39.5 Å². The maximum atomic E-state index is 7.32. The lowest BCUT2D eigenvalue weighted by molar-refractivity contribution is 0.301. The molecule has 94 heavy (non-hydrogen) atoms. The van der Waals surface area contributed by atoms with Crippen LogP contribution in [0.25, 0.3) is 64.6 Å². The molecule has 0 fully saturated rings. The van der Waals surface area contributed by atoms with Gasteiger partial charge in [-0.3, -0.25) is 9.98 Å². The first-order chi connectivity index (χ1) is 45.0. The highest BCUT2D eigenvalue weighted by Gasteiger charge is 2.31. The van der Waals surface area contributed by atoms with Crippen LogP contribution in [-0.4, -0.2) is 51.9 Å². The number of fused-ring (bicyclic) bond motifs is 8. The Morgan fingerprint density at radius 1 is 0.309 bits per heavy atom. The summed E-state index contributed by atoms with van der Waals surface area (Å²) in [6, 6.07) is 58.8. The second kappa shape index (κ2) is 26.3. The number of ether oxygens (including phenoxy) is 4. The molecule has 0 aliphatic carbocycles. The summed E-state index contributed by atoms with van der Waals surface area (Å²) in [4.78, 5) is 18.5. The van der Waals surface area contributed by atoms with E-state index in [0.29, 0.717) is 39.5 Å². The van der Waals surface area contributed by atoms with E-state index in [0.717, 1.165) is 86.1 Å². The van der Waals surface area contributed by atoms with Gasteiger partial charge in [-0.2, -0.15) is 0 Å². The quantitative estimate of drug-likeness (QED) is 0.0539. The zero-order valence-corrected chi connectivity index (χ0v) is 60.2. The van der Waals surface area contributed by atoms with Crippen LogP contribution in [-0.2, 0) is 21.7 Å². The first-order valence-electron chi connectivity index (χ1n) is 33.3. The largest absolute Gasteiger partial charge is 0.491 e. The Labute approximate surface area is 573 Å². The molecule has 12 aromatic rings. The van der Waals surface area contributed by atoms with Gasteiger partial charge in [0.05, 0.1) is 65.5 Å². The van der Waals surface area contributed by atoms with E-state index >= 15 is 0 Å². The third kappa shape index (κ3) is 13.4. The van der Waals surface area contributed by atoms with Gasteiger partial charge in [0.25, 0.3) is 0 Å². The van der Waals surface area contributed by atoms with Crippen LogP contribution >= 0.6 is 47.0 Å². The fourth-order valence-electron chi connectivity index (χ4n) is 12.6. The van der Waals surface area contributed by atoms with Crippen LogP contribution in [0.5, 0.6) is 23.0 Å². The van der Waals surface area contributed by atoms with E-state index in [1.54, 1.807) is 47.0 Å². The molecule has 0 spiro atoms. The maximum absolute atomic E-state index is 7.32. The molecule has 1 aliphatic heterocycles. The van der Waals surface area contributed by atoms with Gasteiger partial charge in [-0.15, -0.1) is 0 Å². The molecule has 0 saturated carbocycles. The third-order valence-corrected chi connectivity index (χ3v) is 22.0. The molecular weight excluding hydrogens is 1230 g/mol. The lowest BCUT2D eigenvalue weighted by Gasteiger charge is -2.28. The Balaban J connectivity index is 0.949. The van der Waals surface area contributed by atoms with Crippen LogP contribution in [0.2, 0.25) is 0 Å². The van der Waals surface area contributed by atoms with Crippen LogP contribution in [0.4, 0.5) is 0 Å². The molecule has 0 saturated heterocycles. The highest BCUT2D eigenvalue weighted by molar-refractivity contribution is 8.01. The van der Waals surface area contributed by atoms with Crippen molar-refractivity contribution in [1.82, 2.24) is 0 Å². The summed E-state index contributed by atoms with van der Waals surface area (Å²) >= 11 is 6.96. The minimum atomic E-state index is -0.211. The normalized spacial score (nSPS) is 13.5. The van der Waals surface area contributed by atoms with Crippen LogP contribution in [0.15, 0.2) is 207 Å². The first kappa shape index (κ1) is 65.3. The summed E-state index contributed by atoms with van der Waals surface area (Å²) < 4.78 is 28.9. The van der Waals surface area contributed by atoms with Crippen molar-refractivity contribution in [2.45, 2.75) is 171 Å². The van der Waals surface area contributed by atoms with Crippen molar-refractivity contribution in [3.05, 3.63) is 191 Å². The van der Waals surface area contributed by atoms with E-state index < -0.39 is 0 Å². The predicted octanol–water partition coefficient (Wildman–Crippen LogP) is 24.2. The molecule has 10 heteroatoms. The van der Waals surface area contributed by atoms with Crippen molar-refractivity contribution in [3.8, 4) is 23.0 Å². The molecular formula is C84H86N2O4S4. The third-order valence-electron chi connectivity index (χ3n) is 17.8. The van der Waals surface area contributed by atoms with E-state index in [-0.39, 0.29) is 21.7 Å². The molecule has 13 rings (SSSR count). The fourth-order valence-corrected chi connectivity index (χ4v) is 17.3. The average Bonchev–Trinajstić information content (AvgIpc) is 0.752. The number of aliphatic imine (C=N–C) groups is 2.